The SMILES string of the molecule is CCN(CC)c1ccc(C(=O)NCCC2CCCO2)cc1. The standard InChI is InChI=1S/C17H26N2O2/c1-3-19(4-2)15-9-7-14(8-10-15)17(20)18-12-11-16-6-5-13-21-16/h7-10,16H,3-6,11-13H2,1-2H3,(H,18,20). The van der Waals surface area contributed by atoms with Crippen LogP contribution in [0.3, 0.4) is 0 Å². The summed E-state index contributed by atoms with van der Waals surface area (Å²) < 4.78 is 5.55. The van der Waals surface area contributed by atoms with Gasteiger partial charge in [0.25, 0.3) is 5.91 Å². The van der Waals surface area contributed by atoms with Crippen LogP contribution in [-0.4, -0.2) is 38.3 Å². The Morgan fingerprint density at radius 3 is 2.57 bits per heavy atom. The predicted octanol–water partition coefficient (Wildman–Crippen LogP) is 2.83. The molecule has 1 aromatic carbocycles. The lowest BCUT2D eigenvalue weighted by atomic mass is 10.1. The van der Waals surface area contributed by atoms with Crippen LogP contribution in [0.5, 0.6) is 0 Å². The number of nitrogens with one attached hydrogen (secondary N) is 1. The number of anilines is 1. The molecule has 1 N–H and O–H groups in total. The molecular formula is C17H26N2O2. The van der Waals surface area contributed by atoms with Gasteiger partial charge in [-0.1, -0.05) is 0 Å². The molecule has 1 atom stereocenters. The van der Waals surface area contributed by atoms with Crippen molar-refractivity contribution in [2.75, 3.05) is 31.1 Å². The van der Waals surface area contributed by atoms with Crippen LogP contribution >= 0.6 is 0 Å². The second-order valence-corrected chi connectivity index (χ2v) is 5.40. The van der Waals surface area contributed by atoms with Crippen molar-refractivity contribution >= 4 is 11.6 Å². The number of hydrogen-bond acceptors (Lipinski definition) is 3. The molecule has 1 aromatic rings. The largest absolute Gasteiger partial charge is 0.378 e. The molecular weight excluding hydrogens is 264 g/mol. The fourth-order valence-electron chi connectivity index (χ4n) is 2.73. The number of amides is 1. The van der Waals surface area contributed by atoms with Crippen LogP contribution in [0.1, 0.15) is 43.5 Å². The third-order valence-electron chi connectivity index (χ3n) is 4.03. The van der Waals surface area contributed by atoms with Crippen LogP contribution in [0.4, 0.5) is 5.69 Å². The van der Waals surface area contributed by atoms with Crippen molar-refractivity contribution in [3.63, 3.8) is 0 Å². The fraction of sp³-hybridized carbons (Fsp3) is 0.588. The molecule has 0 aliphatic carbocycles. The Kier molecular flexibility index (Phi) is 6.05. The minimum absolute atomic E-state index is 0.000839. The molecule has 0 bridgehead atoms. The Morgan fingerprint density at radius 2 is 2.00 bits per heavy atom. The maximum Gasteiger partial charge on any atom is 0.251 e. The van der Waals surface area contributed by atoms with Crippen molar-refractivity contribution in [2.45, 2.75) is 39.2 Å². The van der Waals surface area contributed by atoms with Gasteiger partial charge in [-0.2, -0.15) is 0 Å². The molecule has 116 valence electrons. The normalized spacial score (nSPS) is 17.7. The molecule has 0 saturated carbocycles. The molecule has 1 amide bonds. The van der Waals surface area contributed by atoms with E-state index in [9.17, 15) is 4.79 Å². The number of carbonyl (C=O) groups is 1. The number of rotatable bonds is 7. The summed E-state index contributed by atoms with van der Waals surface area (Å²) in [5, 5.41) is 2.97. The van der Waals surface area contributed by atoms with E-state index in [0.29, 0.717) is 12.6 Å². The monoisotopic (exact) mass is 290 g/mol. The Labute approximate surface area is 127 Å². The summed E-state index contributed by atoms with van der Waals surface area (Å²) in [6, 6.07) is 7.83. The van der Waals surface area contributed by atoms with Gasteiger partial charge >= 0.3 is 0 Å². The second kappa shape index (κ2) is 8.03. The highest BCUT2D eigenvalue weighted by Crippen LogP contribution is 2.16. The van der Waals surface area contributed by atoms with Gasteiger partial charge in [-0.15, -0.1) is 0 Å². The average molecular weight is 290 g/mol. The molecule has 0 spiro atoms. The summed E-state index contributed by atoms with van der Waals surface area (Å²) in [4.78, 5) is 14.3. The first-order chi connectivity index (χ1) is 10.2. The summed E-state index contributed by atoms with van der Waals surface area (Å²) >= 11 is 0. The molecule has 4 nitrogen and oxygen atoms in total. The minimum Gasteiger partial charge on any atom is -0.378 e. The molecule has 1 unspecified atom stereocenters. The van der Waals surface area contributed by atoms with E-state index in [0.717, 1.165) is 50.2 Å². The molecule has 1 aliphatic heterocycles. The van der Waals surface area contributed by atoms with Gasteiger partial charge in [-0.05, 0) is 57.4 Å². The minimum atomic E-state index is -0.000839. The third kappa shape index (κ3) is 4.46. The summed E-state index contributed by atoms with van der Waals surface area (Å²) in [6.07, 6.45) is 3.50. The van der Waals surface area contributed by atoms with E-state index >= 15 is 0 Å². The van der Waals surface area contributed by atoms with Gasteiger partial charge in [0.15, 0.2) is 0 Å². The van der Waals surface area contributed by atoms with Gasteiger partial charge in [0.2, 0.25) is 0 Å². The molecule has 2 rings (SSSR count). The van der Waals surface area contributed by atoms with E-state index in [1.165, 1.54) is 0 Å². The topological polar surface area (TPSA) is 41.6 Å². The van der Waals surface area contributed by atoms with E-state index in [1.54, 1.807) is 0 Å². The van der Waals surface area contributed by atoms with Gasteiger partial charge < -0.3 is 15.0 Å². The fourth-order valence-corrected chi connectivity index (χ4v) is 2.73. The van der Waals surface area contributed by atoms with Crippen molar-refractivity contribution in [2.24, 2.45) is 0 Å². The number of nitrogens with zero attached hydrogens (tertiary/aromatic N) is 1. The van der Waals surface area contributed by atoms with Crippen LogP contribution in [0.2, 0.25) is 0 Å². The summed E-state index contributed by atoms with van der Waals surface area (Å²) in [5.41, 5.74) is 1.88. The van der Waals surface area contributed by atoms with Crippen LogP contribution in [-0.2, 0) is 4.74 Å². The highest BCUT2D eigenvalue weighted by Gasteiger charge is 2.15. The van der Waals surface area contributed by atoms with Gasteiger partial charge in [0.05, 0.1) is 6.10 Å². The first-order valence-corrected chi connectivity index (χ1v) is 7.99. The summed E-state index contributed by atoms with van der Waals surface area (Å²) in [5.74, 6) is -0.000839. The quantitative estimate of drug-likeness (QED) is 0.839. The predicted molar refractivity (Wildman–Crippen MR) is 85.9 cm³/mol. The second-order valence-electron chi connectivity index (χ2n) is 5.40. The molecule has 0 radical (unpaired) electrons. The zero-order valence-electron chi connectivity index (χ0n) is 13.1. The number of ether oxygens (including phenoxy) is 1. The molecule has 1 aliphatic rings. The van der Waals surface area contributed by atoms with Crippen LogP contribution in [0.25, 0.3) is 0 Å². The first-order valence-electron chi connectivity index (χ1n) is 7.99. The Morgan fingerprint density at radius 1 is 1.29 bits per heavy atom. The first kappa shape index (κ1) is 15.8. The number of carbonyl (C=O) groups excluding carboxylic acids is 1. The van der Waals surface area contributed by atoms with Crippen LogP contribution in [0.15, 0.2) is 24.3 Å². The van der Waals surface area contributed by atoms with Crippen molar-refractivity contribution in [3.05, 3.63) is 29.8 Å². The van der Waals surface area contributed by atoms with Gasteiger partial charge in [-0.25, -0.2) is 0 Å². The van der Waals surface area contributed by atoms with Gasteiger partial charge in [-0.3, -0.25) is 4.79 Å². The number of hydrogen-bond donors (Lipinski definition) is 1. The van der Waals surface area contributed by atoms with E-state index in [-0.39, 0.29) is 5.91 Å². The lowest BCUT2D eigenvalue weighted by molar-refractivity contribution is 0.0907. The maximum atomic E-state index is 12.1. The zero-order chi connectivity index (χ0) is 15.1. The van der Waals surface area contributed by atoms with E-state index in [4.69, 9.17) is 4.74 Å². The smallest absolute Gasteiger partial charge is 0.251 e. The highest BCUT2D eigenvalue weighted by atomic mass is 16.5. The lowest BCUT2D eigenvalue weighted by Gasteiger charge is -2.21. The van der Waals surface area contributed by atoms with E-state index in [1.807, 2.05) is 24.3 Å². The molecule has 4 heteroatoms. The Balaban J connectivity index is 1.81. The van der Waals surface area contributed by atoms with Gasteiger partial charge in [0.1, 0.15) is 0 Å². The lowest BCUT2D eigenvalue weighted by Crippen LogP contribution is -2.27. The Bertz CT molecular complexity index is 435. The zero-order valence-corrected chi connectivity index (χ0v) is 13.1. The van der Waals surface area contributed by atoms with Crippen molar-refractivity contribution in [1.82, 2.24) is 5.32 Å². The van der Waals surface area contributed by atoms with E-state index < -0.39 is 0 Å². The molecule has 1 saturated heterocycles. The molecule has 0 aromatic heterocycles. The van der Waals surface area contributed by atoms with E-state index in [2.05, 4.69) is 24.1 Å². The summed E-state index contributed by atoms with van der Waals surface area (Å²) in [6.45, 7) is 7.77. The average Bonchev–Trinajstić information content (AvgIpc) is 3.02. The molecule has 21 heavy (non-hydrogen) atoms. The van der Waals surface area contributed by atoms with Crippen LogP contribution < -0.4 is 10.2 Å². The van der Waals surface area contributed by atoms with Crippen LogP contribution in [0, 0.1) is 0 Å². The maximum absolute atomic E-state index is 12.1. The van der Waals surface area contributed by atoms with Crippen molar-refractivity contribution < 1.29 is 9.53 Å². The highest BCUT2D eigenvalue weighted by molar-refractivity contribution is 5.94. The Hall–Kier alpha value is -1.55. The number of benzene rings is 1. The molecule has 1 heterocycles. The van der Waals surface area contributed by atoms with Gasteiger partial charge in [0, 0.05) is 37.5 Å². The van der Waals surface area contributed by atoms with Crippen molar-refractivity contribution in [1.29, 1.82) is 0 Å². The third-order valence-corrected chi connectivity index (χ3v) is 4.03. The summed E-state index contributed by atoms with van der Waals surface area (Å²) in [7, 11) is 0. The molecule has 1 fully saturated rings. The van der Waals surface area contributed by atoms with Crippen molar-refractivity contribution in [3.8, 4) is 0 Å².